The molecule has 5 heteroatoms. The highest BCUT2D eigenvalue weighted by Gasteiger charge is 2.07. The molecule has 1 N–H and O–H groups in total. The van der Waals surface area contributed by atoms with Crippen molar-refractivity contribution >= 4 is 27.5 Å². The molecule has 1 aromatic heterocycles. The second-order valence-electron chi connectivity index (χ2n) is 4.83. The summed E-state index contributed by atoms with van der Waals surface area (Å²) in [4.78, 5) is 4.22. The van der Waals surface area contributed by atoms with E-state index in [2.05, 4.69) is 33.2 Å². The number of ether oxygens (including phenoxy) is 1. The lowest BCUT2D eigenvalue weighted by atomic mass is 10.2. The van der Waals surface area contributed by atoms with Crippen molar-refractivity contribution in [3.8, 4) is 11.6 Å². The number of aromatic nitrogens is 1. The summed E-state index contributed by atoms with van der Waals surface area (Å²) < 4.78 is 6.73. The van der Waals surface area contributed by atoms with Gasteiger partial charge in [-0.2, -0.15) is 0 Å². The first-order chi connectivity index (χ1) is 10.1. The molecule has 0 atom stereocenters. The van der Waals surface area contributed by atoms with Crippen molar-refractivity contribution in [3.05, 3.63) is 51.1 Å². The number of halogens is 2. The van der Waals surface area contributed by atoms with Gasteiger partial charge in [-0.15, -0.1) is 0 Å². The lowest BCUT2D eigenvalue weighted by Gasteiger charge is -2.10. The average Bonchev–Trinajstić information content (AvgIpc) is 2.45. The largest absolute Gasteiger partial charge is 0.438 e. The van der Waals surface area contributed by atoms with Gasteiger partial charge in [0, 0.05) is 18.8 Å². The molecule has 2 rings (SSSR count). The number of nitrogens with one attached hydrogen (secondary N) is 1. The van der Waals surface area contributed by atoms with Crippen molar-refractivity contribution in [1.82, 2.24) is 10.3 Å². The van der Waals surface area contributed by atoms with Gasteiger partial charge in [-0.3, -0.25) is 0 Å². The fourth-order valence-corrected chi connectivity index (χ4v) is 2.60. The highest BCUT2D eigenvalue weighted by Crippen LogP contribution is 2.30. The normalized spacial score (nSPS) is 10.7. The van der Waals surface area contributed by atoms with Gasteiger partial charge in [0.1, 0.15) is 5.75 Å². The SMILES string of the molecule is CCCNCc1cc(Oc2ccc(C)cc2Br)ncc1Cl. The fraction of sp³-hybridized carbons (Fsp3) is 0.312. The van der Waals surface area contributed by atoms with Crippen LogP contribution in [0.4, 0.5) is 0 Å². The molecule has 0 fully saturated rings. The monoisotopic (exact) mass is 368 g/mol. The molecule has 21 heavy (non-hydrogen) atoms. The van der Waals surface area contributed by atoms with Crippen LogP contribution in [0.3, 0.4) is 0 Å². The van der Waals surface area contributed by atoms with Gasteiger partial charge in [-0.05, 0) is 59.1 Å². The van der Waals surface area contributed by atoms with Gasteiger partial charge in [0.05, 0.1) is 9.50 Å². The van der Waals surface area contributed by atoms with Crippen LogP contribution in [0.1, 0.15) is 24.5 Å². The third-order valence-corrected chi connectivity index (χ3v) is 3.91. The highest BCUT2D eigenvalue weighted by atomic mass is 79.9. The number of nitrogens with zero attached hydrogens (tertiary/aromatic N) is 1. The van der Waals surface area contributed by atoms with E-state index in [0.717, 1.165) is 28.8 Å². The number of rotatable bonds is 6. The molecule has 0 spiro atoms. The number of benzene rings is 1. The van der Waals surface area contributed by atoms with Crippen molar-refractivity contribution < 1.29 is 4.74 Å². The van der Waals surface area contributed by atoms with Crippen molar-refractivity contribution in [3.63, 3.8) is 0 Å². The Morgan fingerprint density at radius 3 is 2.86 bits per heavy atom. The van der Waals surface area contributed by atoms with Crippen molar-refractivity contribution in [2.24, 2.45) is 0 Å². The molecule has 0 aliphatic rings. The molecule has 0 radical (unpaired) electrons. The summed E-state index contributed by atoms with van der Waals surface area (Å²) in [5, 5.41) is 3.97. The summed E-state index contributed by atoms with van der Waals surface area (Å²) in [5.41, 5.74) is 2.15. The Labute approximate surface area is 138 Å². The van der Waals surface area contributed by atoms with E-state index in [0.29, 0.717) is 17.4 Å². The first-order valence-corrected chi connectivity index (χ1v) is 8.06. The Hall–Kier alpha value is -1.10. The molecule has 0 unspecified atom stereocenters. The fourth-order valence-electron chi connectivity index (χ4n) is 1.85. The minimum atomic E-state index is 0.539. The molecule has 0 saturated carbocycles. The molecule has 0 saturated heterocycles. The van der Waals surface area contributed by atoms with Crippen LogP contribution in [0, 0.1) is 6.92 Å². The predicted molar refractivity (Wildman–Crippen MR) is 90.2 cm³/mol. The average molecular weight is 370 g/mol. The van der Waals surface area contributed by atoms with E-state index in [4.69, 9.17) is 16.3 Å². The number of aryl methyl sites for hydroxylation is 1. The summed E-state index contributed by atoms with van der Waals surface area (Å²) >= 11 is 9.66. The Bertz CT molecular complexity index is 619. The Balaban J connectivity index is 2.14. The highest BCUT2D eigenvalue weighted by molar-refractivity contribution is 9.10. The Morgan fingerprint density at radius 1 is 1.33 bits per heavy atom. The van der Waals surface area contributed by atoms with E-state index in [1.54, 1.807) is 6.20 Å². The zero-order valence-electron chi connectivity index (χ0n) is 12.1. The molecule has 0 amide bonds. The van der Waals surface area contributed by atoms with Gasteiger partial charge in [0.2, 0.25) is 5.88 Å². The second kappa shape index (κ2) is 7.78. The van der Waals surface area contributed by atoms with Crippen LogP contribution in [0.25, 0.3) is 0 Å². The van der Waals surface area contributed by atoms with Crippen molar-refractivity contribution in [2.45, 2.75) is 26.8 Å². The maximum Gasteiger partial charge on any atom is 0.219 e. The minimum absolute atomic E-state index is 0.539. The molecular formula is C16H18BrClN2O. The van der Waals surface area contributed by atoms with E-state index >= 15 is 0 Å². The third-order valence-electron chi connectivity index (χ3n) is 2.95. The Morgan fingerprint density at radius 2 is 2.14 bits per heavy atom. The van der Waals surface area contributed by atoms with E-state index in [1.807, 2.05) is 31.2 Å². The van der Waals surface area contributed by atoms with Crippen molar-refractivity contribution in [1.29, 1.82) is 0 Å². The summed E-state index contributed by atoms with van der Waals surface area (Å²) in [5.74, 6) is 1.28. The number of pyridine rings is 1. The molecule has 0 bridgehead atoms. The van der Waals surface area contributed by atoms with E-state index < -0.39 is 0 Å². The van der Waals surface area contributed by atoms with Crippen LogP contribution >= 0.6 is 27.5 Å². The van der Waals surface area contributed by atoms with E-state index in [-0.39, 0.29) is 0 Å². The second-order valence-corrected chi connectivity index (χ2v) is 6.09. The quantitative estimate of drug-likeness (QED) is 0.719. The third kappa shape index (κ3) is 4.70. The van der Waals surface area contributed by atoms with E-state index in [1.165, 1.54) is 5.56 Å². The molecule has 2 aromatic rings. The molecule has 0 aliphatic carbocycles. The summed E-state index contributed by atoms with van der Waals surface area (Å²) in [6.45, 7) is 5.83. The molecule has 3 nitrogen and oxygen atoms in total. The lowest BCUT2D eigenvalue weighted by Crippen LogP contribution is -2.14. The molecule has 0 aliphatic heterocycles. The first kappa shape index (κ1) is 16.3. The Kier molecular flexibility index (Phi) is 6.03. The van der Waals surface area contributed by atoms with E-state index in [9.17, 15) is 0 Å². The van der Waals surface area contributed by atoms with Crippen LogP contribution in [-0.4, -0.2) is 11.5 Å². The summed E-state index contributed by atoms with van der Waals surface area (Å²) in [6.07, 6.45) is 2.71. The van der Waals surface area contributed by atoms with Gasteiger partial charge in [0.25, 0.3) is 0 Å². The molecule has 112 valence electrons. The zero-order chi connectivity index (χ0) is 15.2. The molecule has 1 heterocycles. The summed E-state index contributed by atoms with van der Waals surface area (Å²) in [6, 6.07) is 7.80. The maximum atomic E-state index is 6.16. The van der Waals surface area contributed by atoms with Gasteiger partial charge < -0.3 is 10.1 Å². The minimum Gasteiger partial charge on any atom is -0.438 e. The van der Waals surface area contributed by atoms with Crippen molar-refractivity contribution in [2.75, 3.05) is 6.54 Å². The van der Waals surface area contributed by atoms with Gasteiger partial charge >= 0.3 is 0 Å². The van der Waals surface area contributed by atoms with Gasteiger partial charge in [-0.1, -0.05) is 24.6 Å². The van der Waals surface area contributed by atoms with Crippen LogP contribution in [0.15, 0.2) is 34.9 Å². The van der Waals surface area contributed by atoms with Crippen LogP contribution < -0.4 is 10.1 Å². The summed E-state index contributed by atoms with van der Waals surface area (Å²) in [7, 11) is 0. The van der Waals surface area contributed by atoms with Gasteiger partial charge in [0.15, 0.2) is 0 Å². The number of hydrogen-bond acceptors (Lipinski definition) is 3. The topological polar surface area (TPSA) is 34.1 Å². The maximum absolute atomic E-state index is 6.16. The van der Waals surface area contributed by atoms with Gasteiger partial charge in [-0.25, -0.2) is 4.98 Å². The standard InChI is InChI=1S/C16H18BrClN2O/c1-3-6-19-9-12-8-16(20-10-14(12)18)21-15-5-4-11(2)7-13(15)17/h4-5,7-8,10,19H,3,6,9H2,1-2H3. The predicted octanol–water partition coefficient (Wildman–Crippen LogP) is 5.10. The zero-order valence-corrected chi connectivity index (χ0v) is 14.5. The molecule has 1 aromatic carbocycles. The smallest absolute Gasteiger partial charge is 0.219 e. The van der Waals surface area contributed by atoms with Crippen LogP contribution in [0.5, 0.6) is 11.6 Å². The van der Waals surface area contributed by atoms with Crippen LogP contribution in [0.2, 0.25) is 5.02 Å². The first-order valence-electron chi connectivity index (χ1n) is 6.89. The molecular weight excluding hydrogens is 352 g/mol. The van der Waals surface area contributed by atoms with Crippen LogP contribution in [-0.2, 0) is 6.54 Å². The lowest BCUT2D eigenvalue weighted by molar-refractivity contribution is 0.459. The number of hydrogen-bond donors (Lipinski definition) is 1.